The van der Waals surface area contributed by atoms with E-state index in [4.69, 9.17) is 16.3 Å². The van der Waals surface area contributed by atoms with Crippen LogP contribution >= 0.6 is 11.6 Å². The summed E-state index contributed by atoms with van der Waals surface area (Å²) in [7, 11) is -1.80. The van der Waals surface area contributed by atoms with Crippen LogP contribution in [0.15, 0.2) is 12.1 Å². The second kappa shape index (κ2) is 9.36. The summed E-state index contributed by atoms with van der Waals surface area (Å²) in [5.74, 6) is -0.274. The number of aryl methyl sites for hydroxylation is 2. The molecule has 0 aliphatic heterocycles. The van der Waals surface area contributed by atoms with Gasteiger partial charge in [0.15, 0.2) is 0 Å². The largest absolute Gasteiger partial charge is 0.385 e. The van der Waals surface area contributed by atoms with Crippen LogP contribution in [0.3, 0.4) is 0 Å². The molecule has 0 heterocycles. The smallest absolute Gasteiger partial charge is 0.225 e. The number of rotatable bonds is 9. The molecule has 0 radical (unpaired) electrons. The molecule has 1 aromatic carbocycles. The fourth-order valence-electron chi connectivity index (χ4n) is 2.33. The molecule has 0 bridgehead atoms. The number of sulfonamides is 1. The van der Waals surface area contributed by atoms with Gasteiger partial charge in [-0.05, 0) is 37.5 Å². The molecule has 1 rings (SSSR count). The zero-order valence-electron chi connectivity index (χ0n) is 14.6. The van der Waals surface area contributed by atoms with Crippen LogP contribution in [0, 0.1) is 13.8 Å². The second-order valence-electron chi connectivity index (χ2n) is 5.75. The van der Waals surface area contributed by atoms with Crippen LogP contribution in [0.1, 0.15) is 24.0 Å². The van der Waals surface area contributed by atoms with Gasteiger partial charge in [-0.15, -0.1) is 0 Å². The third kappa shape index (κ3) is 6.76. The summed E-state index contributed by atoms with van der Waals surface area (Å²) < 4.78 is 29.8. The Kier molecular flexibility index (Phi) is 8.15. The lowest BCUT2D eigenvalue weighted by Gasteiger charge is -2.19. The van der Waals surface area contributed by atoms with E-state index in [1.165, 1.54) is 4.31 Å². The minimum absolute atomic E-state index is 0.0592. The first-order valence-corrected chi connectivity index (χ1v) is 9.88. The molecule has 0 aliphatic rings. The highest BCUT2D eigenvalue weighted by molar-refractivity contribution is 7.88. The van der Waals surface area contributed by atoms with Crippen molar-refractivity contribution < 1.29 is 17.9 Å². The van der Waals surface area contributed by atoms with Crippen molar-refractivity contribution >= 4 is 33.2 Å². The molecule has 0 saturated heterocycles. The van der Waals surface area contributed by atoms with Crippen LogP contribution < -0.4 is 5.32 Å². The van der Waals surface area contributed by atoms with E-state index in [1.54, 1.807) is 13.2 Å². The average molecular weight is 377 g/mol. The number of anilines is 1. The van der Waals surface area contributed by atoms with Crippen molar-refractivity contribution in [2.75, 3.05) is 38.4 Å². The molecule has 1 N–H and O–H groups in total. The maximum absolute atomic E-state index is 12.1. The van der Waals surface area contributed by atoms with Crippen molar-refractivity contribution in [3.05, 3.63) is 28.3 Å². The van der Waals surface area contributed by atoms with E-state index in [-0.39, 0.29) is 18.9 Å². The highest BCUT2D eigenvalue weighted by Gasteiger charge is 2.18. The number of carbonyl (C=O) groups excluding carboxylic acids is 1. The highest BCUT2D eigenvalue weighted by Crippen LogP contribution is 2.27. The van der Waals surface area contributed by atoms with Gasteiger partial charge in [0.25, 0.3) is 0 Å². The Morgan fingerprint density at radius 3 is 2.50 bits per heavy atom. The Labute approximate surface area is 149 Å². The van der Waals surface area contributed by atoms with E-state index >= 15 is 0 Å². The molecule has 136 valence electrons. The molecule has 24 heavy (non-hydrogen) atoms. The minimum Gasteiger partial charge on any atom is -0.385 e. The van der Waals surface area contributed by atoms with Crippen LogP contribution in [-0.2, 0) is 19.6 Å². The van der Waals surface area contributed by atoms with E-state index in [1.807, 2.05) is 19.9 Å². The summed E-state index contributed by atoms with van der Waals surface area (Å²) >= 11 is 6.16. The maximum atomic E-state index is 12.1. The monoisotopic (exact) mass is 376 g/mol. The Morgan fingerprint density at radius 1 is 1.29 bits per heavy atom. The summed E-state index contributed by atoms with van der Waals surface area (Å²) in [5.41, 5.74) is 2.45. The van der Waals surface area contributed by atoms with E-state index in [0.29, 0.717) is 30.3 Å². The standard InChI is InChI=1S/C16H25ClN2O4S/c1-12-10-13(2)16(14(17)11-12)18-15(20)6-8-19(24(4,21)22)7-5-9-23-3/h10-11H,5-9H2,1-4H3,(H,18,20). The number of nitrogens with zero attached hydrogens (tertiary/aromatic N) is 1. The molecule has 0 fully saturated rings. The van der Waals surface area contributed by atoms with Gasteiger partial charge in [0, 0.05) is 33.2 Å². The second-order valence-corrected chi connectivity index (χ2v) is 8.13. The number of carbonyl (C=O) groups is 1. The Bertz CT molecular complexity index is 654. The van der Waals surface area contributed by atoms with Crippen molar-refractivity contribution in [1.82, 2.24) is 4.31 Å². The molecule has 1 aromatic rings. The number of halogens is 1. The quantitative estimate of drug-likeness (QED) is 0.672. The summed E-state index contributed by atoms with van der Waals surface area (Å²) in [4.78, 5) is 12.1. The van der Waals surface area contributed by atoms with Crippen LogP contribution in [0.25, 0.3) is 0 Å². The predicted molar refractivity (Wildman–Crippen MR) is 97.1 cm³/mol. The number of ether oxygens (including phenoxy) is 1. The molecular formula is C16H25ClN2O4S. The SMILES string of the molecule is COCCCN(CCC(=O)Nc1c(C)cc(C)cc1Cl)S(C)(=O)=O. The van der Waals surface area contributed by atoms with Crippen LogP contribution in [-0.4, -0.2) is 51.7 Å². The van der Waals surface area contributed by atoms with Crippen LogP contribution in [0.5, 0.6) is 0 Å². The van der Waals surface area contributed by atoms with Crippen LogP contribution in [0.4, 0.5) is 5.69 Å². The van der Waals surface area contributed by atoms with Gasteiger partial charge in [-0.3, -0.25) is 4.79 Å². The van der Waals surface area contributed by atoms with Crippen molar-refractivity contribution in [3.8, 4) is 0 Å². The molecule has 0 aromatic heterocycles. The van der Waals surface area contributed by atoms with Crippen molar-refractivity contribution in [2.45, 2.75) is 26.7 Å². The first-order chi connectivity index (χ1) is 11.1. The van der Waals surface area contributed by atoms with Gasteiger partial charge in [0.1, 0.15) is 0 Å². The third-order valence-corrected chi connectivity index (χ3v) is 5.11. The molecule has 0 atom stereocenters. The predicted octanol–water partition coefficient (Wildman–Crippen LogP) is 2.58. The molecule has 0 unspecified atom stereocenters. The zero-order chi connectivity index (χ0) is 18.3. The summed E-state index contributed by atoms with van der Waals surface area (Å²) in [5, 5.41) is 3.24. The minimum atomic E-state index is -3.36. The van der Waals surface area contributed by atoms with Gasteiger partial charge < -0.3 is 10.1 Å². The van der Waals surface area contributed by atoms with E-state index in [2.05, 4.69) is 5.32 Å². The van der Waals surface area contributed by atoms with Crippen molar-refractivity contribution in [3.63, 3.8) is 0 Å². The van der Waals surface area contributed by atoms with Crippen molar-refractivity contribution in [1.29, 1.82) is 0 Å². The fraction of sp³-hybridized carbons (Fsp3) is 0.562. The van der Waals surface area contributed by atoms with E-state index in [0.717, 1.165) is 17.4 Å². The first kappa shape index (κ1) is 20.9. The summed E-state index contributed by atoms with van der Waals surface area (Å²) in [6.45, 7) is 4.70. The Morgan fingerprint density at radius 2 is 1.96 bits per heavy atom. The third-order valence-electron chi connectivity index (χ3n) is 3.51. The van der Waals surface area contributed by atoms with E-state index < -0.39 is 10.0 Å². The maximum Gasteiger partial charge on any atom is 0.225 e. The lowest BCUT2D eigenvalue weighted by molar-refractivity contribution is -0.116. The molecule has 6 nitrogen and oxygen atoms in total. The van der Waals surface area contributed by atoms with Gasteiger partial charge >= 0.3 is 0 Å². The van der Waals surface area contributed by atoms with Gasteiger partial charge in [-0.2, -0.15) is 0 Å². The molecule has 8 heteroatoms. The van der Waals surface area contributed by atoms with Gasteiger partial charge in [-0.1, -0.05) is 17.7 Å². The number of amides is 1. The molecular weight excluding hydrogens is 352 g/mol. The molecule has 0 aliphatic carbocycles. The number of nitrogens with one attached hydrogen (secondary N) is 1. The van der Waals surface area contributed by atoms with E-state index in [9.17, 15) is 13.2 Å². The van der Waals surface area contributed by atoms with Gasteiger partial charge in [0.05, 0.1) is 17.0 Å². The average Bonchev–Trinajstić information content (AvgIpc) is 2.45. The lowest BCUT2D eigenvalue weighted by atomic mass is 10.1. The summed E-state index contributed by atoms with van der Waals surface area (Å²) in [6, 6.07) is 3.70. The topological polar surface area (TPSA) is 75.7 Å². The number of benzene rings is 1. The fourth-order valence-corrected chi connectivity index (χ4v) is 3.58. The lowest BCUT2D eigenvalue weighted by Crippen LogP contribution is -2.34. The Hall–Kier alpha value is -1.15. The van der Waals surface area contributed by atoms with Crippen LogP contribution in [0.2, 0.25) is 5.02 Å². The van der Waals surface area contributed by atoms with Gasteiger partial charge in [0.2, 0.25) is 15.9 Å². The number of hydrogen-bond donors (Lipinski definition) is 1. The molecule has 0 spiro atoms. The zero-order valence-corrected chi connectivity index (χ0v) is 16.1. The molecule has 1 amide bonds. The highest BCUT2D eigenvalue weighted by atomic mass is 35.5. The van der Waals surface area contributed by atoms with Crippen molar-refractivity contribution in [2.24, 2.45) is 0 Å². The number of methoxy groups -OCH3 is 1. The molecule has 0 saturated carbocycles. The first-order valence-electron chi connectivity index (χ1n) is 7.65. The normalized spacial score (nSPS) is 11.8. The Balaban J connectivity index is 2.67. The van der Waals surface area contributed by atoms with Gasteiger partial charge in [-0.25, -0.2) is 12.7 Å². The summed E-state index contributed by atoms with van der Waals surface area (Å²) in [6.07, 6.45) is 1.77. The number of hydrogen-bond acceptors (Lipinski definition) is 4.